The van der Waals surface area contributed by atoms with Gasteiger partial charge in [0.15, 0.2) is 0 Å². The van der Waals surface area contributed by atoms with E-state index in [0.29, 0.717) is 12.5 Å². The van der Waals surface area contributed by atoms with Crippen LogP contribution >= 0.6 is 11.8 Å². The van der Waals surface area contributed by atoms with Crippen molar-refractivity contribution in [1.29, 1.82) is 0 Å². The van der Waals surface area contributed by atoms with Crippen molar-refractivity contribution in [1.82, 2.24) is 10.6 Å². The van der Waals surface area contributed by atoms with E-state index in [4.69, 9.17) is 0 Å². The van der Waals surface area contributed by atoms with Crippen LogP contribution in [0.5, 0.6) is 0 Å². The number of thioether (sulfide) groups is 1. The lowest BCUT2D eigenvalue weighted by Crippen LogP contribution is -2.34. The van der Waals surface area contributed by atoms with E-state index in [9.17, 15) is 22.8 Å². The maximum absolute atomic E-state index is 13.6. The summed E-state index contributed by atoms with van der Waals surface area (Å²) in [5, 5.41) is 5.27. The first-order valence-electron chi connectivity index (χ1n) is 8.39. The number of amides is 2. The zero-order valence-electron chi connectivity index (χ0n) is 14.2. The average Bonchev–Trinajstić information content (AvgIpc) is 2.62. The third kappa shape index (κ3) is 4.82. The number of carbonyl (C=O) groups excluding carboxylic acids is 2. The standard InChI is InChI=1S/C19H17F3N2O2S/c20-11-2-4-17-14(9-11)16(6-8-27-17)24-18(25)5-7-23-19(26)13-3-1-12(21)10-15(13)22/h1-4,9-10,16H,5-8H2,(H,23,26)(H,24,25). The van der Waals surface area contributed by atoms with E-state index >= 15 is 0 Å². The molecule has 3 rings (SSSR count). The second-order valence-electron chi connectivity index (χ2n) is 6.07. The Hall–Kier alpha value is -2.48. The first-order valence-corrected chi connectivity index (χ1v) is 9.37. The van der Waals surface area contributed by atoms with Crippen molar-refractivity contribution in [3.63, 3.8) is 0 Å². The van der Waals surface area contributed by atoms with Crippen LogP contribution in [0.15, 0.2) is 41.3 Å². The third-order valence-electron chi connectivity index (χ3n) is 4.16. The fourth-order valence-electron chi connectivity index (χ4n) is 2.84. The van der Waals surface area contributed by atoms with Crippen LogP contribution in [0.2, 0.25) is 0 Å². The molecule has 1 aliphatic heterocycles. The molecule has 2 aromatic carbocycles. The number of fused-ring (bicyclic) bond motifs is 1. The number of nitrogens with one attached hydrogen (secondary N) is 2. The molecule has 2 aromatic rings. The molecular weight excluding hydrogens is 377 g/mol. The number of hydrogen-bond donors (Lipinski definition) is 2. The Balaban J connectivity index is 1.52. The number of hydrogen-bond acceptors (Lipinski definition) is 3. The molecule has 1 aliphatic rings. The van der Waals surface area contributed by atoms with Crippen LogP contribution in [0.4, 0.5) is 13.2 Å². The largest absolute Gasteiger partial charge is 0.351 e. The molecule has 4 nitrogen and oxygen atoms in total. The van der Waals surface area contributed by atoms with Crippen LogP contribution in [0, 0.1) is 17.5 Å². The smallest absolute Gasteiger partial charge is 0.254 e. The van der Waals surface area contributed by atoms with Crippen molar-refractivity contribution >= 4 is 23.6 Å². The van der Waals surface area contributed by atoms with Gasteiger partial charge in [0, 0.05) is 29.7 Å². The van der Waals surface area contributed by atoms with Gasteiger partial charge in [-0.1, -0.05) is 0 Å². The summed E-state index contributed by atoms with van der Waals surface area (Å²) in [6.07, 6.45) is 0.669. The Kier molecular flexibility index (Phi) is 6.05. The predicted molar refractivity (Wildman–Crippen MR) is 95.9 cm³/mol. The molecule has 1 atom stereocenters. The van der Waals surface area contributed by atoms with Crippen LogP contribution < -0.4 is 10.6 Å². The SMILES string of the molecule is O=C(CCNC(=O)c1ccc(F)cc1F)NC1CCSc2ccc(F)cc21. The lowest BCUT2D eigenvalue weighted by Gasteiger charge is -2.26. The molecule has 0 fully saturated rings. The molecule has 0 aliphatic carbocycles. The van der Waals surface area contributed by atoms with Crippen molar-refractivity contribution in [2.24, 2.45) is 0 Å². The van der Waals surface area contributed by atoms with Crippen LogP contribution in [0.1, 0.15) is 34.8 Å². The van der Waals surface area contributed by atoms with Gasteiger partial charge in [-0.3, -0.25) is 9.59 Å². The molecule has 1 unspecified atom stereocenters. The van der Waals surface area contributed by atoms with Crippen molar-refractivity contribution in [2.45, 2.75) is 23.8 Å². The molecule has 1 heterocycles. The summed E-state index contributed by atoms with van der Waals surface area (Å²) in [4.78, 5) is 25.0. The summed E-state index contributed by atoms with van der Waals surface area (Å²) in [6.45, 7) is -0.00103. The topological polar surface area (TPSA) is 58.2 Å². The second-order valence-corrected chi connectivity index (χ2v) is 7.21. The van der Waals surface area contributed by atoms with E-state index < -0.39 is 17.5 Å². The second kappa shape index (κ2) is 8.47. The molecule has 0 saturated carbocycles. The monoisotopic (exact) mass is 394 g/mol. The van der Waals surface area contributed by atoms with Crippen LogP contribution in [0.25, 0.3) is 0 Å². The molecule has 0 aromatic heterocycles. The first kappa shape index (κ1) is 19.3. The molecule has 8 heteroatoms. The Labute approximate surface area is 158 Å². The van der Waals surface area contributed by atoms with Crippen LogP contribution in [-0.2, 0) is 4.79 Å². The maximum Gasteiger partial charge on any atom is 0.254 e. The highest BCUT2D eigenvalue weighted by atomic mass is 32.2. The summed E-state index contributed by atoms with van der Waals surface area (Å²) in [7, 11) is 0. The van der Waals surface area contributed by atoms with Gasteiger partial charge in [-0.25, -0.2) is 13.2 Å². The number of rotatable bonds is 5. The lowest BCUT2D eigenvalue weighted by molar-refractivity contribution is -0.121. The number of halogens is 3. The zero-order chi connectivity index (χ0) is 19.4. The summed E-state index contributed by atoms with van der Waals surface area (Å²) in [6, 6.07) is 6.89. The molecule has 142 valence electrons. The minimum atomic E-state index is -0.963. The fraction of sp³-hybridized carbons (Fsp3) is 0.263. The van der Waals surface area contributed by atoms with Crippen molar-refractivity contribution < 1.29 is 22.8 Å². The highest BCUT2D eigenvalue weighted by molar-refractivity contribution is 7.99. The zero-order valence-corrected chi connectivity index (χ0v) is 15.0. The first-order chi connectivity index (χ1) is 12.9. The van der Waals surface area contributed by atoms with Crippen molar-refractivity contribution in [3.05, 3.63) is 65.0 Å². The summed E-state index contributed by atoms with van der Waals surface area (Å²) in [5.74, 6) is -2.31. The minimum absolute atomic E-state index is 0.00103. The van der Waals surface area contributed by atoms with Crippen LogP contribution in [0.3, 0.4) is 0 Å². The Morgan fingerprint density at radius 3 is 2.59 bits per heavy atom. The Bertz CT molecular complexity index is 876. The lowest BCUT2D eigenvalue weighted by atomic mass is 10.0. The molecule has 0 bridgehead atoms. The summed E-state index contributed by atoms with van der Waals surface area (Å²) in [5.41, 5.74) is 0.461. The highest BCUT2D eigenvalue weighted by Crippen LogP contribution is 2.36. The predicted octanol–water partition coefficient (Wildman–Crippen LogP) is 3.58. The normalized spacial score (nSPS) is 15.7. The molecule has 0 spiro atoms. The molecule has 2 amide bonds. The molecule has 0 radical (unpaired) electrons. The van der Waals surface area contributed by atoms with E-state index in [-0.39, 0.29) is 36.3 Å². The van der Waals surface area contributed by atoms with E-state index in [2.05, 4.69) is 10.6 Å². The van der Waals surface area contributed by atoms with Crippen LogP contribution in [-0.4, -0.2) is 24.1 Å². The van der Waals surface area contributed by atoms with Gasteiger partial charge in [-0.15, -0.1) is 11.8 Å². The highest BCUT2D eigenvalue weighted by Gasteiger charge is 2.23. The van der Waals surface area contributed by atoms with Gasteiger partial charge >= 0.3 is 0 Å². The van der Waals surface area contributed by atoms with Gasteiger partial charge in [-0.05, 0) is 42.3 Å². The molecule has 27 heavy (non-hydrogen) atoms. The summed E-state index contributed by atoms with van der Waals surface area (Å²) >= 11 is 1.61. The van der Waals surface area contributed by atoms with E-state index in [0.717, 1.165) is 28.3 Å². The van der Waals surface area contributed by atoms with Crippen molar-refractivity contribution in [2.75, 3.05) is 12.3 Å². The number of carbonyl (C=O) groups is 2. The quantitative estimate of drug-likeness (QED) is 0.815. The average molecular weight is 394 g/mol. The van der Waals surface area contributed by atoms with Gasteiger partial charge in [0.25, 0.3) is 5.91 Å². The Morgan fingerprint density at radius 1 is 1.07 bits per heavy atom. The van der Waals surface area contributed by atoms with E-state index in [1.54, 1.807) is 17.8 Å². The van der Waals surface area contributed by atoms with Gasteiger partial charge in [-0.2, -0.15) is 0 Å². The van der Waals surface area contributed by atoms with Crippen molar-refractivity contribution in [3.8, 4) is 0 Å². The third-order valence-corrected chi connectivity index (χ3v) is 5.28. The molecule has 2 N–H and O–H groups in total. The molecule has 0 saturated heterocycles. The van der Waals surface area contributed by atoms with Gasteiger partial charge in [0.1, 0.15) is 17.5 Å². The fourth-order valence-corrected chi connectivity index (χ4v) is 3.95. The summed E-state index contributed by atoms with van der Waals surface area (Å²) < 4.78 is 39.9. The maximum atomic E-state index is 13.6. The molecular formula is C19H17F3N2O2S. The van der Waals surface area contributed by atoms with E-state index in [1.165, 1.54) is 12.1 Å². The van der Waals surface area contributed by atoms with Gasteiger partial charge < -0.3 is 10.6 Å². The van der Waals surface area contributed by atoms with Gasteiger partial charge in [0.2, 0.25) is 5.91 Å². The van der Waals surface area contributed by atoms with E-state index in [1.807, 2.05) is 0 Å². The Morgan fingerprint density at radius 2 is 1.81 bits per heavy atom. The minimum Gasteiger partial charge on any atom is -0.351 e. The van der Waals surface area contributed by atoms with Gasteiger partial charge in [0.05, 0.1) is 11.6 Å². The number of benzene rings is 2.